The van der Waals surface area contributed by atoms with Crippen LogP contribution in [0.25, 0.3) is 0 Å². The van der Waals surface area contributed by atoms with E-state index in [0.29, 0.717) is 18.6 Å². The fourth-order valence-corrected chi connectivity index (χ4v) is 4.70. The van der Waals surface area contributed by atoms with Crippen molar-refractivity contribution in [2.45, 2.75) is 89.8 Å². The van der Waals surface area contributed by atoms with Gasteiger partial charge in [0.2, 0.25) is 0 Å². The van der Waals surface area contributed by atoms with Crippen molar-refractivity contribution in [1.29, 1.82) is 0 Å². The van der Waals surface area contributed by atoms with E-state index < -0.39 is 5.67 Å². The Kier molecular flexibility index (Phi) is 4.57. The molecule has 3 heteroatoms. The monoisotopic (exact) mass is 334 g/mol. The van der Waals surface area contributed by atoms with Gasteiger partial charge < -0.3 is 9.84 Å². The highest BCUT2D eigenvalue weighted by Crippen LogP contribution is 2.56. The minimum atomic E-state index is -1.15. The van der Waals surface area contributed by atoms with Crippen molar-refractivity contribution in [2.75, 3.05) is 0 Å². The van der Waals surface area contributed by atoms with Gasteiger partial charge in [0, 0.05) is 17.4 Å². The van der Waals surface area contributed by atoms with E-state index in [9.17, 15) is 9.50 Å². The highest BCUT2D eigenvalue weighted by Gasteiger charge is 2.50. The number of hydrogen-bond donors (Lipinski definition) is 1. The number of aromatic hydroxyl groups is 1. The topological polar surface area (TPSA) is 29.5 Å². The highest BCUT2D eigenvalue weighted by atomic mass is 19.1. The summed E-state index contributed by atoms with van der Waals surface area (Å²) in [5.41, 5.74) is 0.482. The van der Waals surface area contributed by atoms with Gasteiger partial charge in [-0.3, -0.25) is 0 Å². The average Bonchev–Trinajstić information content (AvgIpc) is 2.44. The van der Waals surface area contributed by atoms with Gasteiger partial charge in [-0.2, -0.15) is 0 Å². The first-order valence-electron chi connectivity index (χ1n) is 9.47. The van der Waals surface area contributed by atoms with Gasteiger partial charge in [-0.15, -0.1) is 0 Å². The zero-order valence-electron chi connectivity index (χ0n) is 15.5. The second-order valence-electron chi connectivity index (χ2n) is 8.56. The molecule has 1 fully saturated rings. The molecular formula is C21H31FO2. The molecule has 1 aliphatic heterocycles. The Morgan fingerprint density at radius 2 is 2.00 bits per heavy atom. The third kappa shape index (κ3) is 3.27. The van der Waals surface area contributed by atoms with Crippen molar-refractivity contribution in [3.8, 4) is 11.5 Å². The molecule has 1 aromatic carbocycles. The van der Waals surface area contributed by atoms with Gasteiger partial charge in [-0.05, 0) is 70.6 Å². The van der Waals surface area contributed by atoms with Gasteiger partial charge in [0.25, 0.3) is 0 Å². The fourth-order valence-electron chi connectivity index (χ4n) is 4.70. The molecule has 0 amide bonds. The predicted octanol–water partition coefficient (Wildman–Crippen LogP) is 5.91. The lowest BCUT2D eigenvalue weighted by atomic mass is 9.63. The van der Waals surface area contributed by atoms with E-state index in [1.165, 1.54) is 12.8 Å². The predicted molar refractivity (Wildman–Crippen MR) is 95.6 cm³/mol. The number of hydrogen-bond acceptors (Lipinski definition) is 2. The fraction of sp³-hybridized carbons (Fsp3) is 0.714. The number of benzene rings is 1. The van der Waals surface area contributed by atoms with Gasteiger partial charge in [-0.1, -0.05) is 19.8 Å². The number of phenols is 1. The third-order valence-electron chi connectivity index (χ3n) is 5.99. The third-order valence-corrected chi connectivity index (χ3v) is 5.99. The maximum Gasteiger partial charge on any atom is 0.127 e. The van der Waals surface area contributed by atoms with Crippen LogP contribution in [0.1, 0.15) is 83.3 Å². The van der Waals surface area contributed by atoms with Crippen LogP contribution < -0.4 is 4.74 Å². The van der Waals surface area contributed by atoms with E-state index in [2.05, 4.69) is 26.8 Å². The lowest BCUT2D eigenvalue weighted by Crippen LogP contribution is -2.49. The van der Waals surface area contributed by atoms with E-state index in [1.54, 1.807) is 6.92 Å². The van der Waals surface area contributed by atoms with Gasteiger partial charge >= 0.3 is 0 Å². The summed E-state index contributed by atoms with van der Waals surface area (Å²) in [5, 5.41) is 10.7. The summed E-state index contributed by atoms with van der Waals surface area (Å²) in [4.78, 5) is 0. The smallest absolute Gasteiger partial charge is 0.127 e. The molecular weight excluding hydrogens is 303 g/mol. The zero-order chi connectivity index (χ0) is 17.5. The van der Waals surface area contributed by atoms with Gasteiger partial charge in [0.15, 0.2) is 0 Å². The van der Waals surface area contributed by atoms with E-state index in [-0.39, 0.29) is 17.4 Å². The van der Waals surface area contributed by atoms with Crippen LogP contribution in [0.15, 0.2) is 12.1 Å². The van der Waals surface area contributed by atoms with Crippen molar-refractivity contribution in [3.63, 3.8) is 0 Å². The Morgan fingerprint density at radius 3 is 2.71 bits per heavy atom. The summed E-state index contributed by atoms with van der Waals surface area (Å²) in [6.07, 6.45) is 6.29. The first-order valence-corrected chi connectivity index (χ1v) is 9.47. The SMILES string of the molecule is CCCCCc1cc(O)c2c(c1)OC(C)(C)C1CC[C@@](C)(F)CC21. The standard InChI is InChI=1S/C21H31FO2/c1-5-6-7-8-14-11-17(23)19-15-13-21(4,22)10-9-16(15)20(2,3)24-18(19)12-14/h11-12,15-16,23H,5-10,13H2,1-4H3/t15?,16?,21-/m1/s1. The van der Waals surface area contributed by atoms with Crippen LogP contribution in [0.4, 0.5) is 4.39 Å². The van der Waals surface area contributed by atoms with Crippen LogP contribution in [0.5, 0.6) is 11.5 Å². The Morgan fingerprint density at radius 1 is 1.25 bits per heavy atom. The molecule has 0 radical (unpaired) electrons. The summed E-state index contributed by atoms with van der Waals surface area (Å²) in [6, 6.07) is 3.95. The number of phenolic OH excluding ortho intramolecular Hbond substituents is 1. The van der Waals surface area contributed by atoms with Gasteiger partial charge in [-0.25, -0.2) is 4.39 Å². The van der Waals surface area contributed by atoms with Crippen LogP contribution in [-0.4, -0.2) is 16.4 Å². The second kappa shape index (κ2) is 6.24. The number of ether oxygens (including phenoxy) is 1. The van der Waals surface area contributed by atoms with Crippen LogP contribution in [0.3, 0.4) is 0 Å². The van der Waals surface area contributed by atoms with Crippen LogP contribution in [0, 0.1) is 5.92 Å². The minimum Gasteiger partial charge on any atom is -0.508 e. The summed E-state index contributed by atoms with van der Waals surface area (Å²) in [5.74, 6) is 1.36. The molecule has 0 aromatic heterocycles. The molecule has 3 rings (SSSR count). The Labute approximate surface area is 145 Å². The number of aryl methyl sites for hydroxylation is 1. The first kappa shape index (κ1) is 17.6. The number of halogens is 1. The van der Waals surface area contributed by atoms with Gasteiger partial charge in [0.05, 0.1) is 0 Å². The average molecular weight is 334 g/mol. The van der Waals surface area contributed by atoms with Crippen molar-refractivity contribution >= 4 is 0 Å². The number of fused-ring (bicyclic) bond motifs is 3. The summed E-state index contributed by atoms with van der Waals surface area (Å²) >= 11 is 0. The van der Waals surface area contributed by atoms with Crippen LogP contribution in [0.2, 0.25) is 0 Å². The minimum absolute atomic E-state index is 0.0391. The molecule has 3 atom stereocenters. The van der Waals surface area contributed by atoms with Crippen LogP contribution >= 0.6 is 0 Å². The Bertz CT molecular complexity index is 606. The Hall–Kier alpha value is -1.25. The molecule has 0 bridgehead atoms. The highest BCUT2D eigenvalue weighted by molar-refractivity contribution is 5.52. The van der Waals surface area contributed by atoms with E-state index in [0.717, 1.165) is 36.1 Å². The largest absolute Gasteiger partial charge is 0.508 e. The molecule has 2 aliphatic rings. The normalized spacial score (nSPS) is 31.0. The maximum atomic E-state index is 14.7. The van der Waals surface area contributed by atoms with Crippen molar-refractivity contribution in [1.82, 2.24) is 0 Å². The molecule has 2 unspecified atom stereocenters. The molecule has 24 heavy (non-hydrogen) atoms. The van der Waals surface area contributed by atoms with E-state index in [1.807, 2.05) is 6.07 Å². The Balaban J connectivity index is 1.96. The lowest BCUT2D eigenvalue weighted by Gasteiger charge is -2.50. The molecule has 1 aromatic rings. The van der Waals surface area contributed by atoms with Crippen molar-refractivity contribution in [3.05, 3.63) is 23.3 Å². The van der Waals surface area contributed by atoms with Crippen molar-refractivity contribution in [2.24, 2.45) is 5.92 Å². The molecule has 1 heterocycles. The summed E-state index contributed by atoms with van der Waals surface area (Å²) < 4.78 is 21.0. The molecule has 1 aliphatic carbocycles. The number of unbranched alkanes of at least 4 members (excludes halogenated alkanes) is 2. The second-order valence-corrected chi connectivity index (χ2v) is 8.56. The zero-order valence-corrected chi connectivity index (χ0v) is 15.5. The molecule has 134 valence electrons. The van der Waals surface area contributed by atoms with Crippen LogP contribution in [-0.2, 0) is 6.42 Å². The van der Waals surface area contributed by atoms with Gasteiger partial charge in [0.1, 0.15) is 22.8 Å². The molecule has 0 spiro atoms. The van der Waals surface area contributed by atoms with E-state index in [4.69, 9.17) is 4.74 Å². The summed E-state index contributed by atoms with van der Waals surface area (Å²) in [7, 11) is 0. The quantitative estimate of drug-likeness (QED) is 0.694. The lowest BCUT2D eigenvalue weighted by molar-refractivity contribution is -0.0382. The molecule has 0 saturated heterocycles. The number of rotatable bonds is 4. The maximum absolute atomic E-state index is 14.7. The van der Waals surface area contributed by atoms with Crippen molar-refractivity contribution < 1.29 is 14.2 Å². The summed E-state index contributed by atoms with van der Waals surface area (Å²) in [6.45, 7) is 8.10. The molecule has 1 saturated carbocycles. The number of alkyl halides is 1. The molecule has 2 nitrogen and oxygen atoms in total. The first-order chi connectivity index (χ1) is 11.2. The molecule has 1 N–H and O–H groups in total. The van der Waals surface area contributed by atoms with E-state index >= 15 is 0 Å².